The number of carbonyl (C=O) groups excluding carboxylic acids is 2. The zero-order valence-corrected chi connectivity index (χ0v) is 25.9. The van der Waals surface area contributed by atoms with E-state index in [-0.39, 0.29) is 37.0 Å². The van der Waals surface area contributed by atoms with Crippen LogP contribution >= 0.6 is 0 Å². The van der Waals surface area contributed by atoms with Crippen molar-refractivity contribution < 1.29 is 28.9 Å². The average molecular weight is 609 g/mol. The second-order valence-electron chi connectivity index (χ2n) is 11.6. The first-order chi connectivity index (χ1) is 21.4. The molecule has 1 saturated carbocycles. The molecule has 2 aliphatic rings. The number of ether oxygens (including phenoxy) is 3. The number of benzene rings is 1. The van der Waals surface area contributed by atoms with Crippen LogP contribution in [0.3, 0.4) is 0 Å². The van der Waals surface area contributed by atoms with Gasteiger partial charge in [0.15, 0.2) is 5.69 Å². The summed E-state index contributed by atoms with van der Waals surface area (Å²) in [6.07, 6.45) is 7.43. The molecule has 2 fully saturated rings. The van der Waals surface area contributed by atoms with Crippen LogP contribution in [0.1, 0.15) is 61.1 Å². The van der Waals surface area contributed by atoms with Gasteiger partial charge in [0.1, 0.15) is 5.60 Å². The van der Waals surface area contributed by atoms with Crippen LogP contribution in [0.5, 0.6) is 5.88 Å². The van der Waals surface area contributed by atoms with E-state index in [0.29, 0.717) is 68.5 Å². The van der Waals surface area contributed by atoms with Gasteiger partial charge in [0.25, 0.3) is 5.91 Å². The molecule has 2 N–H and O–H groups in total. The Labute approximate surface area is 258 Å². The summed E-state index contributed by atoms with van der Waals surface area (Å²) in [6.45, 7) is 4.96. The maximum absolute atomic E-state index is 14.3. The van der Waals surface area contributed by atoms with Crippen molar-refractivity contribution in [2.75, 3.05) is 47.1 Å². The second-order valence-corrected chi connectivity index (χ2v) is 11.6. The quantitative estimate of drug-likeness (QED) is 0.298. The van der Waals surface area contributed by atoms with E-state index in [0.717, 1.165) is 24.8 Å². The van der Waals surface area contributed by atoms with Gasteiger partial charge in [-0.05, 0) is 19.8 Å². The predicted molar refractivity (Wildman–Crippen MR) is 163 cm³/mol. The zero-order valence-electron chi connectivity index (χ0n) is 25.9. The third kappa shape index (κ3) is 6.82. The Morgan fingerprint density at radius 3 is 2.75 bits per heavy atom. The summed E-state index contributed by atoms with van der Waals surface area (Å²) < 4.78 is 20.1. The number of methoxy groups -OCH3 is 2. The molecule has 12 heteroatoms. The summed E-state index contributed by atoms with van der Waals surface area (Å²) in [5.41, 5.74) is 1.57. The van der Waals surface area contributed by atoms with Crippen LogP contribution in [0.4, 0.5) is 0 Å². The summed E-state index contributed by atoms with van der Waals surface area (Å²) in [6, 6.07) is 9.39. The van der Waals surface area contributed by atoms with Crippen molar-refractivity contribution >= 4 is 11.9 Å². The molecule has 0 bridgehead atoms. The van der Waals surface area contributed by atoms with Crippen molar-refractivity contribution in [1.82, 2.24) is 29.5 Å². The van der Waals surface area contributed by atoms with E-state index in [1.165, 1.54) is 7.11 Å². The Morgan fingerprint density at radius 1 is 1.18 bits per heavy atom. The fourth-order valence-corrected chi connectivity index (χ4v) is 6.45. The lowest BCUT2D eigenvalue weighted by atomic mass is 9.80. The molecule has 0 unspecified atom stereocenters. The Bertz CT molecular complexity index is 1400. The highest BCUT2D eigenvalue weighted by atomic mass is 16.5. The summed E-state index contributed by atoms with van der Waals surface area (Å²) in [7, 11) is 2.96. The molecule has 238 valence electrons. The molecule has 2 aromatic heterocycles. The molecule has 1 aromatic carbocycles. The molecule has 1 aliphatic carbocycles. The van der Waals surface area contributed by atoms with Gasteiger partial charge in [-0.25, -0.2) is 4.98 Å². The SMILES string of the molecule is CCn1cc(CC(=O)OC)c(OCC[C@@H]2CNCCN2C(=O)c2ncn([C@@H]3CCCC[C@@]3(O)COC)c2-c2ccccc2)n1. The van der Waals surface area contributed by atoms with Crippen molar-refractivity contribution in [3.8, 4) is 17.1 Å². The number of nitrogens with one attached hydrogen (secondary N) is 1. The third-order valence-electron chi connectivity index (χ3n) is 8.72. The van der Waals surface area contributed by atoms with Gasteiger partial charge in [0, 0.05) is 63.1 Å². The minimum atomic E-state index is -1.05. The number of rotatable bonds is 12. The maximum atomic E-state index is 14.3. The summed E-state index contributed by atoms with van der Waals surface area (Å²) in [4.78, 5) is 32.8. The van der Waals surface area contributed by atoms with Crippen molar-refractivity contribution in [2.24, 2.45) is 0 Å². The van der Waals surface area contributed by atoms with Crippen molar-refractivity contribution in [3.63, 3.8) is 0 Å². The van der Waals surface area contributed by atoms with Gasteiger partial charge >= 0.3 is 5.97 Å². The predicted octanol–water partition coefficient (Wildman–Crippen LogP) is 2.86. The number of esters is 1. The molecule has 0 spiro atoms. The lowest BCUT2D eigenvalue weighted by molar-refractivity contribution is -0.139. The number of carbonyl (C=O) groups is 2. The van der Waals surface area contributed by atoms with E-state index < -0.39 is 5.60 Å². The highest BCUT2D eigenvalue weighted by Crippen LogP contribution is 2.41. The van der Waals surface area contributed by atoms with Crippen molar-refractivity contribution in [2.45, 2.75) is 69.7 Å². The molecule has 0 radical (unpaired) electrons. The Balaban J connectivity index is 1.38. The molecular formula is C32H44N6O6. The minimum Gasteiger partial charge on any atom is -0.476 e. The van der Waals surface area contributed by atoms with Crippen LogP contribution < -0.4 is 10.1 Å². The Hall–Kier alpha value is -3.74. The molecular weight excluding hydrogens is 564 g/mol. The van der Waals surface area contributed by atoms with E-state index in [2.05, 4.69) is 10.4 Å². The molecule has 3 heterocycles. The molecule has 12 nitrogen and oxygen atoms in total. The van der Waals surface area contributed by atoms with E-state index in [4.69, 9.17) is 19.2 Å². The number of aliphatic hydroxyl groups is 1. The molecule has 3 aromatic rings. The van der Waals surface area contributed by atoms with Gasteiger partial charge in [0.2, 0.25) is 5.88 Å². The van der Waals surface area contributed by atoms with Gasteiger partial charge in [0.05, 0.1) is 44.8 Å². The topological polar surface area (TPSA) is 133 Å². The molecule has 1 aliphatic heterocycles. The number of hydrogen-bond acceptors (Lipinski definition) is 9. The maximum Gasteiger partial charge on any atom is 0.310 e. The Kier molecular flexibility index (Phi) is 10.3. The summed E-state index contributed by atoms with van der Waals surface area (Å²) >= 11 is 0. The standard InChI is InChI=1S/C32H44N6O6/c1-4-36-20-24(18-27(39)43-3)30(35-36)44-17-13-25-19-33-15-16-37(25)31(40)28-29(23-10-6-5-7-11-23)38(22-34-28)26-12-8-9-14-32(26,41)21-42-2/h5-7,10-11,20,22,25-26,33,41H,4,8-9,12-19,21H2,1-3H3/t25-,26-,32-/m1/s1. The average Bonchev–Trinajstić information content (AvgIpc) is 3.65. The highest BCUT2D eigenvalue weighted by Gasteiger charge is 2.42. The molecule has 5 rings (SSSR count). The van der Waals surface area contributed by atoms with Crippen LogP contribution in [0, 0.1) is 0 Å². The minimum absolute atomic E-state index is 0.0762. The highest BCUT2D eigenvalue weighted by molar-refractivity contribution is 5.98. The van der Waals surface area contributed by atoms with Gasteiger partial charge < -0.3 is 34.1 Å². The number of aromatic nitrogens is 4. The van der Waals surface area contributed by atoms with E-state index in [1.54, 1.807) is 24.3 Å². The van der Waals surface area contributed by atoms with Gasteiger partial charge in [-0.1, -0.05) is 43.2 Å². The first-order valence-corrected chi connectivity index (χ1v) is 15.5. The smallest absolute Gasteiger partial charge is 0.310 e. The number of hydrogen-bond donors (Lipinski definition) is 2. The van der Waals surface area contributed by atoms with Gasteiger partial charge in [-0.15, -0.1) is 5.10 Å². The second kappa shape index (κ2) is 14.4. The third-order valence-corrected chi connectivity index (χ3v) is 8.72. The molecule has 1 amide bonds. The van der Waals surface area contributed by atoms with E-state index >= 15 is 0 Å². The van der Waals surface area contributed by atoms with Crippen LogP contribution in [0.15, 0.2) is 42.9 Å². The number of aryl methyl sites for hydroxylation is 1. The van der Waals surface area contributed by atoms with E-state index in [9.17, 15) is 14.7 Å². The van der Waals surface area contributed by atoms with Crippen LogP contribution in [0.2, 0.25) is 0 Å². The number of amides is 1. The van der Waals surface area contributed by atoms with Crippen LogP contribution in [-0.4, -0.2) is 99.9 Å². The lowest BCUT2D eigenvalue weighted by Gasteiger charge is -2.41. The first kappa shape index (κ1) is 31.7. The Morgan fingerprint density at radius 2 is 2.00 bits per heavy atom. The normalized spacial score (nSPS) is 22.1. The van der Waals surface area contributed by atoms with Crippen LogP contribution in [-0.2, 0) is 27.2 Å². The van der Waals surface area contributed by atoms with Crippen LogP contribution in [0.25, 0.3) is 11.3 Å². The lowest BCUT2D eigenvalue weighted by Crippen LogP contribution is -2.54. The van der Waals surface area contributed by atoms with Crippen molar-refractivity contribution in [3.05, 3.63) is 54.1 Å². The molecule has 3 atom stereocenters. The number of piperazine rings is 1. The first-order valence-electron chi connectivity index (χ1n) is 15.5. The largest absolute Gasteiger partial charge is 0.476 e. The zero-order chi connectivity index (χ0) is 31.1. The monoisotopic (exact) mass is 608 g/mol. The summed E-state index contributed by atoms with van der Waals surface area (Å²) in [5, 5.41) is 19.5. The fourth-order valence-electron chi connectivity index (χ4n) is 6.45. The van der Waals surface area contributed by atoms with Gasteiger partial charge in [-0.2, -0.15) is 0 Å². The number of imidazole rings is 1. The number of nitrogens with zero attached hydrogens (tertiary/aromatic N) is 5. The van der Waals surface area contributed by atoms with Crippen molar-refractivity contribution in [1.29, 1.82) is 0 Å². The summed E-state index contributed by atoms with van der Waals surface area (Å²) in [5.74, 6) is -0.108. The molecule has 1 saturated heterocycles. The van der Waals surface area contributed by atoms with Gasteiger partial charge in [-0.3, -0.25) is 14.3 Å². The fraction of sp³-hybridized carbons (Fsp3) is 0.562. The van der Waals surface area contributed by atoms with E-state index in [1.807, 2.05) is 46.7 Å². The molecule has 44 heavy (non-hydrogen) atoms.